The van der Waals surface area contributed by atoms with Gasteiger partial charge < -0.3 is 10.1 Å². The highest BCUT2D eigenvalue weighted by Gasteiger charge is 2.34. The number of ether oxygens (including phenoxy) is 1. The van der Waals surface area contributed by atoms with Gasteiger partial charge in [-0.2, -0.15) is 11.8 Å². The summed E-state index contributed by atoms with van der Waals surface area (Å²) in [5.74, 6) is 0.463. The van der Waals surface area contributed by atoms with Crippen LogP contribution in [0, 0.1) is 11.6 Å². The van der Waals surface area contributed by atoms with Crippen molar-refractivity contribution in [1.29, 1.82) is 0 Å². The van der Waals surface area contributed by atoms with Crippen LogP contribution in [0.2, 0.25) is 5.02 Å². The smallest absolute Gasteiger partial charge is 0.338 e. The Hall–Kier alpha value is -2.49. The van der Waals surface area contributed by atoms with Crippen LogP contribution in [0.4, 0.5) is 8.78 Å². The van der Waals surface area contributed by atoms with E-state index in [4.69, 9.17) is 16.3 Å². The van der Waals surface area contributed by atoms with Crippen molar-refractivity contribution in [3.63, 3.8) is 0 Å². The van der Waals surface area contributed by atoms with Crippen molar-refractivity contribution in [1.82, 2.24) is 15.2 Å². The topological polar surface area (TPSA) is 66.8 Å². The Labute approximate surface area is 193 Å². The molecule has 0 saturated carbocycles. The maximum atomic E-state index is 14.6. The summed E-state index contributed by atoms with van der Waals surface area (Å²) < 4.78 is 33.3. The zero-order valence-electron chi connectivity index (χ0n) is 17.3. The molecule has 1 saturated heterocycles. The SMILES string of the molecule is COC(=O)C1=C(CN2CCSCC2)NC(c2ncccc2F)=NC1c1ccc(F)cc1Cl. The highest BCUT2D eigenvalue weighted by Crippen LogP contribution is 2.36. The minimum Gasteiger partial charge on any atom is -0.466 e. The summed E-state index contributed by atoms with van der Waals surface area (Å²) in [5, 5.41) is 3.22. The molecule has 2 aromatic rings. The molecule has 32 heavy (non-hydrogen) atoms. The van der Waals surface area contributed by atoms with Gasteiger partial charge in [-0.05, 0) is 24.3 Å². The lowest BCUT2D eigenvalue weighted by molar-refractivity contribution is -0.136. The maximum absolute atomic E-state index is 14.6. The fourth-order valence-electron chi connectivity index (χ4n) is 3.68. The first kappa shape index (κ1) is 22.7. The number of aliphatic imine (C=N–C) groups is 1. The molecular weight excluding hydrogens is 458 g/mol. The highest BCUT2D eigenvalue weighted by atomic mass is 35.5. The summed E-state index contributed by atoms with van der Waals surface area (Å²) in [6.07, 6.45) is 1.46. The van der Waals surface area contributed by atoms with Crippen LogP contribution in [0.5, 0.6) is 0 Å². The molecule has 6 nitrogen and oxygen atoms in total. The third-order valence-corrected chi connectivity index (χ3v) is 6.53. The molecule has 1 fully saturated rings. The molecule has 0 radical (unpaired) electrons. The van der Waals surface area contributed by atoms with E-state index in [0.717, 1.165) is 30.7 Å². The van der Waals surface area contributed by atoms with E-state index in [9.17, 15) is 13.6 Å². The van der Waals surface area contributed by atoms with Gasteiger partial charge in [0.25, 0.3) is 0 Å². The van der Waals surface area contributed by atoms with Crippen molar-refractivity contribution in [3.05, 3.63) is 75.7 Å². The van der Waals surface area contributed by atoms with E-state index in [-0.39, 0.29) is 22.1 Å². The Morgan fingerprint density at radius 1 is 1.31 bits per heavy atom. The fraction of sp³-hybridized carbons (Fsp3) is 0.318. The summed E-state index contributed by atoms with van der Waals surface area (Å²) in [6.45, 7) is 2.10. The summed E-state index contributed by atoms with van der Waals surface area (Å²) in [6, 6.07) is 5.73. The number of pyridine rings is 1. The number of nitrogens with one attached hydrogen (secondary N) is 1. The van der Waals surface area contributed by atoms with E-state index in [1.54, 1.807) is 0 Å². The van der Waals surface area contributed by atoms with Crippen molar-refractivity contribution in [2.24, 2.45) is 4.99 Å². The number of rotatable bonds is 5. The first-order valence-electron chi connectivity index (χ1n) is 10.00. The minimum atomic E-state index is -0.914. The molecule has 0 bridgehead atoms. The summed E-state index contributed by atoms with van der Waals surface area (Å²) in [4.78, 5) is 23.8. The second kappa shape index (κ2) is 9.97. The summed E-state index contributed by atoms with van der Waals surface area (Å²) in [5.41, 5.74) is 1.21. The molecule has 10 heteroatoms. The number of thioether (sulfide) groups is 1. The van der Waals surface area contributed by atoms with Crippen molar-refractivity contribution >= 4 is 35.2 Å². The molecule has 2 aliphatic rings. The number of nitrogens with zero attached hydrogens (tertiary/aromatic N) is 3. The van der Waals surface area contributed by atoms with E-state index in [1.807, 2.05) is 11.8 Å². The normalized spacial score (nSPS) is 19.4. The number of halogens is 3. The number of methoxy groups -OCH3 is 1. The van der Waals surface area contributed by atoms with Crippen molar-refractivity contribution < 1.29 is 18.3 Å². The van der Waals surface area contributed by atoms with Gasteiger partial charge in [-0.1, -0.05) is 17.7 Å². The van der Waals surface area contributed by atoms with Gasteiger partial charge >= 0.3 is 5.97 Å². The largest absolute Gasteiger partial charge is 0.466 e. The van der Waals surface area contributed by atoms with E-state index in [2.05, 4.69) is 20.2 Å². The number of hydrogen-bond donors (Lipinski definition) is 1. The van der Waals surface area contributed by atoms with Gasteiger partial charge in [0.2, 0.25) is 0 Å². The lowest BCUT2D eigenvalue weighted by Gasteiger charge is -2.32. The fourth-order valence-corrected chi connectivity index (χ4v) is 4.93. The molecule has 2 aliphatic heterocycles. The van der Waals surface area contributed by atoms with E-state index >= 15 is 0 Å². The minimum absolute atomic E-state index is 0.0198. The van der Waals surface area contributed by atoms with Crippen molar-refractivity contribution in [2.45, 2.75) is 6.04 Å². The Morgan fingerprint density at radius 2 is 2.09 bits per heavy atom. The standard InChI is InChI=1S/C22H21ClF2N4O2S/c1-31-22(30)18-17(12-29-7-9-32-10-8-29)27-21(20-16(25)3-2-6-26-20)28-19(18)14-5-4-13(24)11-15(14)23/h2-6,11,19H,7-10,12H2,1H3,(H,27,28). The third kappa shape index (κ3) is 4.79. The van der Waals surface area contributed by atoms with Gasteiger partial charge in [0.15, 0.2) is 11.7 Å². The monoisotopic (exact) mass is 478 g/mol. The Kier molecular flexibility index (Phi) is 7.07. The second-order valence-electron chi connectivity index (χ2n) is 7.28. The molecule has 4 rings (SSSR count). The molecule has 1 atom stereocenters. The third-order valence-electron chi connectivity index (χ3n) is 5.26. The number of amidine groups is 1. The summed E-state index contributed by atoms with van der Waals surface area (Å²) in [7, 11) is 1.28. The number of carbonyl (C=O) groups is 1. The van der Waals surface area contributed by atoms with Crippen LogP contribution in [0.1, 0.15) is 17.3 Å². The zero-order valence-corrected chi connectivity index (χ0v) is 18.8. The molecule has 168 valence electrons. The van der Waals surface area contributed by atoms with Crippen LogP contribution in [-0.4, -0.2) is 59.9 Å². The molecule has 0 aliphatic carbocycles. The quantitative estimate of drug-likeness (QED) is 0.663. The molecule has 1 aromatic carbocycles. The van der Waals surface area contributed by atoms with E-state index in [0.29, 0.717) is 17.8 Å². The van der Waals surface area contributed by atoms with Gasteiger partial charge in [-0.3, -0.25) is 9.89 Å². The molecule has 1 unspecified atom stereocenters. The lowest BCUT2D eigenvalue weighted by Crippen LogP contribution is -2.42. The second-order valence-corrected chi connectivity index (χ2v) is 8.91. The van der Waals surface area contributed by atoms with Gasteiger partial charge in [-0.25, -0.2) is 18.6 Å². The number of esters is 1. The van der Waals surface area contributed by atoms with Crippen LogP contribution < -0.4 is 5.32 Å². The Bertz CT molecular complexity index is 1090. The first-order valence-corrected chi connectivity index (χ1v) is 11.5. The van der Waals surface area contributed by atoms with Crippen molar-refractivity contribution in [3.8, 4) is 0 Å². The Balaban J connectivity index is 1.85. The first-order chi connectivity index (χ1) is 15.5. The van der Waals surface area contributed by atoms with Crippen LogP contribution in [-0.2, 0) is 9.53 Å². The Morgan fingerprint density at radius 3 is 2.78 bits per heavy atom. The van der Waals surface area contributed by atoms with Crippen LogP contribution in [0.3, 0.4) is 0 Å². The molecule has 0 amide bonds. The molecular formula is C22H21ClF2N4O2S. The van der Waals surface area contributed by atoms with Gasteiger partial charge in [-0.15, -0.1) is 0 Å². The predicted octanol–water partition coefficient (Wildman–Crippen LogP) is 3.58. The van der Waals surface area contributed by atoms with E-state index < -0.39 is 23.6 Å². The molecule has 0 spiro atoms. The van der Waals surface area contributed by atoms with E-state index in [1.165, 1.54) is 37.6 Å². The van der Waals surface area contributed by atoms with Crippen LogP contribution in [0.25, 0.3) is 0 Å². The number of aromatic nitrogens is 1. The number of carbonyl (C=O) groups excluding carboxylic acids is 1. The van der Waals surface area contributed by atoms with Crippen molar-refractivity contribution in [2.75, 3.05) is 38.2 Å². The average molecular weight is 479 g/mol. The van der Waals surface area contributed by atoms with Gasteiger partial charge in [0, 0.05) is 53.6 Å². The predicted molar refractivity (Wildman–Crippen MR) is 121 cm³/mol. The summed E-state index contributed by atoms with van der Waals surface area (Å²) >= 11 is 8.20. The van der Waals surface area contributed by atoms with Gasteiger partial charge in [0.1, 0.15) is 17.6 Å². The average Bonchev–Trinajstić information content (AvgIpc) is 2.79. The molecule has 1 aromatic heterocycles. The highest BCUT2D eigenvalue weighted by molar-refractivity contribution is 7.99. The van der Waals surface area contributed by atoms with Crippen LogP contribution >= 0.6 is 23.4 Å². The zero-order chi connectivity index (χ0) is 22.7. The van der Waals surface area contributed by atoms with Gasteiger partial charge in [0.05, 0.1) is 12.7 Å². The number of benzene rings is 1. The van der Waals surface area contributed by atoms with Crippen LogP contribution in [0.15, 0.2) is 52.8 Å². The lowest BCUT2D eigenvalue weighted by atomic mass is 9.95. The molecule has 1 N–H and O–H groups in total. The molecule has 3 heterocycles. The maximum Gasteiger partial charge on any atom is 0.338 e. The number of hydrogen-bond acceptors (Lipinski definition) is 7.